The highest BCUT2D eigenvalue weighted by Crippen LogP contribution is 2.38. The molecule has 0 spiro atoms. The lowest BCUT2D eigenvalue weighted by molar-refractivity contribution is 0.110. The topological polar surface area (TPSA) is 78.6 Å². The molecule has 0 atom stereocenters. The Labute approximate surface area is 122 Å². The molecule has 2 aliphatic rings. The summed E-state index contributed by atoms with van der Waals surface area (Å²) in [5, 5.41) is 0.936. The van der Waals surface area contributed by atoms with Crippen LogP contribution in [0.3, 0.4) is 0 Å². The van der Waals surface area contributed by atoms with Crippen molar-refractivity contribution >= 4 is 16.6 Å². The van der Waals surface area contributed by atoms with Crippen molar-refractivity contribution in [3.05, 3.63) is 23.4 Å². The number of anilines is 1. The Kier molecular flexibility index (Phi) is 3.05. The highest BCUT2D eigenvalue weighted by molar-refractivity contribution is 5.95. The molecule has 0 aliphatic carbocycles. The SMILES string of the molecule is NNc1c2c(nc3cc4c(cc13)OCCCO4)CCOC2. The Morgan fingerprint density at radius 2 is 1.90 bits per heavy atom. The summed E-state index contributed by atoms with van der Waals surface area (Å²) in [4.78, 5) is 4.75. The first-order chi connectivity index (χ1) is 10.4. The van der Waals surface area contributed by atoms with Gasteiger partial charge in [0.25, 0.3) is 0 Å². The fourth-order valence-electron chi connectivity index (χ4n) is 2.88. The van der Waals surface area contributed by atoms with E-state index >= 15 is 0 Å². The van der Waals surface area contributed by atoms with Crippen LogP contribution < -0.4 is 20.7 Å². The van der Waals surface area contributed by atoms with Crippen molar-refractivity contribution in [2.75, 3.05) is 25.2 Å². The fourth-order valence-corrected chi connectivity index (χ4v) is 2.88. The second-order valence-electron chi connectivity index (χ2n) is 5.23. The molecule has 3 N–H and O–H groups in total. The number of pyridine rings is 1. The standard InChI is InChI=1S/C15H17N3O3/c16-18-15-9-6-13-14(21-4-1-3-20-13)7-12(9)17-11-2-5-19-8-10(11)15/h6-7H,1-5,8,16H2,(H,17,18). The number of nitrogen functional groups attached to an aromatic ring is 1. The molecule has 0 unspecified atom stereocenters. The molecule has 0 fully saturated rings. The van der Waals surface area contributed by atoms with Crippen molar-refractivity contribution in [1.29, 1.82) is 0 Å². The van der Waals surface area contributed by atoms with E-state index in [-0.39, 0.29) is 0 Å². The van der Waals surface area contributed by atoms with Crippen LogP contribution in [0.15, 0.2) is 12.1 Å². The normalized spacial score (nSPS) is 17.2. The van der Waals surface area contributed by atoms with Crippen LogP contribution in [0.5, 0.6) is 11.5 Å². The lowest BCUT2D eigenvalue weighted by Gasteiger charge is -2.21. The average molecular weight is 287 g/mol. The highest BCUT2D eigenvalue weighted by Gasteiger charge is 2.21. The van der Waals surface area contributed by atoms with E-state index in [1.54, 1.807) is 0 Å². The number of fused-ring (bicyclic) bond motifs is 3. The van der Waals surface area contributed by atoms with E-state index in [1.807, 2.05) is 12.1 Å². The molecule has 0 radical (unpaired) electrons. The van der Waals surface area contributed by atoms with Crippen molar-refractivity contribution in [2.24, 2.45) is 5.84 Å². The smallest absolute Gasteiger partial charge is 0.163 e. The van der Waals surface area contributed by atoms with Crippen LogP contribution in [0.25, 0.3) is 10.9 Å². The van der Waals surface area contributed by atoms with Crippen LogP contribution in [0, 0.1) is 0 Å². The van der Waals surface area contributed by atoms with Crippen LogP contribution in [0.2, 0.25) is 0 Å². The van der Waals surface area contributed by atoms with E-state index in [0.29, 0.717) is 26.4 Å². The molecule has 1 aromatic carbocycles. The predicted molar refractivity (Wildman–Crippen MR) is 78.5 cm³/mol. The minimum atomic E-state index is 0.534. The van der Waals surface area contributed by atoms with Crippen molar-refractivity contribution < 1.29 is 14.2 Å². The van der Waals surface area contributed by atoms with Gasteiger partial charge in [-0.15, -0.1) is 0 Å². The summed E-state index contributed by atoms with van der Waals surface area (Å²) in [6, 6.07) is 3.89. The van der Waals surface area contributed by atoms with Gasteiger partial charge in [-0.2, -0.15) is 0 Å². The van der Waals surface area contributed by atoms with Gasteiger partial charge in [-0.3, -0.25) is 10.8 Å². The maximum atomic E-state index is 5.75. The third-order valence-electron chi connectivity index (χ3n) is 3.91. The van der Waals surface area contributed by atoms with E-state index in [9.17, 15) is 0 Å². The van der Waals surface area contributed by atoms with Gasteiger partial charge in [0.1, 0.15) is 0 Å². The molecule has 0 saturated carbocycles. The molecule has 110 valence electrons. The van der Waals surface area contributed by atoms with Crippen molar-refractivity contribution in [2.45, 2.75) is 19.4 Å². The molecule has 6 heteroatoms. The Morgan fingerprint density at radius 3 is 2.71 bits per heavy atom. The highest BCUT2D eigenvalue weighted by atomic mass is 16.5. The zero-order valence-electron chi connectivity index (χ0n) is 11.6. The Balaban J connectivity index is 1.97. The van der Waals surface area contributed by atoms with E-state index in [1.165, 1.54) is 0 Å². The summed E-state index contributed by atoms with van der Waals surface area (Å²) in [7, 11) is 0. The molecule has 4 rings (SSSR count). The van der Waals surface area contributed by atoms with Gasteiger partial charge in [-0.05, 0) is 6.07 Å². The van der Waals surface area contributed by atoms with Crippen molar-refractivity contribution in [3.8, 4) is 11.5 Å². The third kappa shape index (κ3) is 2.07. The maximum Gasteiger partial charge on any atom is 0.163 e. The Hall–Kier alpha value is -2.05. The fraction of sp³-hybridized carbons (Fsp3) is 0.400. The van der Waals surface area contributed by atoms with Crippen LogP contribution in [0.4, 0.5) is 5.69 Å². The van der Waals surface area contributed by atoms with Gasteiger partial charge in [-0.1, -0.05) is 0 Å². The number of nitrogens with zero attached hydrogens (tertiary/aromatic N) is 1. The van der Waals surface area contributed by atoms with Crippen LogP contribution in [0.1, 0.15) is 17.7 Å². The van der Waals surface area contributed by atoms with Crippen molar-refractivity contribution in [3.63, 3.8) is 0 Å². The van der Waals surface area contributed by atoms with E-state index in [2.05, 4.69) is 5.43 Å². The second kappa shape index (κ2) is 5.05. The number of nitrogens with one attached hydrogen (secondary N) is 1. The predicted octanol–water partition coefficient (Wildman–Crippen LogP) is 1.75. The summed E-state index contributed by atoms with van der Waals surface area (Å²) in [6.07, 6.45) is 1.68. The number of hydrogen-bond donors (Lipinski definition) is 2. The molecule has 2 aliphatic heterocycles. The first kappa shape index (κ1) is 12.7. The number of hydrazine groups is 1. The molecule has 2 aromatic rings. The third-order valence-corrected chi connectivity index (χ3v) is 3.91. The van der Waals surface area contributed by atoms with Gasteiger partial charge in [0, 0.05) is 29.9 Å². The van der Waals surface area contributed by atoms with Gasteiger partial charge in [-0.25, -0.2) is 0 Å². The minimum absolute atomic E-state index is 0.534. The number of benzene rings is 1. The van der Waals surface area contributed by atoms with E-state index in [4.69, 9.17) is 25.0 Å². The van der Waals surface area contributed by atoms with Crippen LogP contribution >= 0.6 is 0 Å². The zero-order valence-corrected chi connectivity index (χ0v) is 11.6. The first-order valence-corrected chi connectivity index (χ1v) is 7.16. The van der Waals surface area contributed by atoms with Gasteiger partial charge in [0.05, 0.1) is 43.3 Å². The van der Waals surface area contributed by atoms with E-state index in [0.717, 1.165) is 52.2 Å². The lowest BCUT2D eigenvalue weighted by atomic mass is 10.0. The molecule has 0 amide bonds. The monoisotopic (exact) mass is 287 g/mol. The molecule has 0 bridgehead atoms. The number of rotatable bonds is 1. The van der Waals surface area contributed by atoms with Crippen LogP contribution in [-0.2, 0) is 17.8 Å². The molecule has 0 saturated heterocycles. The molecule has 6 nitrogen and oxygen atoms in total. The van der Waals surface area contributed by atoms with Crippen LogP contribution in [-0.4, -0.2) is 24.8 Å². The van der Waals surface area contributed by atoms with Gasteiger partial charge >= 0.3 is 0 Å². The molecule has 1 aromatic heterocycles. The molecule has 3 heterocycles. The van der Waals surface area contributed by atoms with Gasteiger partial charge < -0.3 is 19.6 Å². The summed E-state index contributed by atoms with van der Waals surface area (Å²) in [5.41, 5.74) is 6.61. The zero-order chi connectivity index (χ0) is 14.2. The second-order valence-corrected chi connectivity index (χ2v) is 5.23. The number of hydrogen-bond acceptors (Lipinski definition) is 6. The lowest BCUT2D eigenvalue weighted by Crippen LogP contribution is -2.18. The van der Waals surface area contributed by atoms with Gasteiger partial charge in [0.15, 0.2) is 11.5 Å². The van der Waals surface area contributed by atoms with E-state index < -0.39 is 0 Å². The summed E-state index contributed by atoms with van der Waals surface area (Å²) in [6.45, 7) is 2.55. The summed E-state index contributed by atoms with van der Waals surface area (Å²) in [5.74, 6) is 7.24. The quantitative estimate of drug-likeness (QED) is 0.614. The molecular formula is C15H17N3O3. The summed E-state index contributed by atoms with van der Waals surface area (Å²) < 4.78 is 17.0. The number of ether oxygens (including phenoxy) is 3. The average Bonchev–Trinajstić information content (AvgIpc) is 2.75. The maximum absolute atomic E-state index is 5.75. The minimum Gasteiger partial charge on any atom is -0.490 e. The van der Waals surface area contributed by atoms with Crippen molar-refractivity contribution in [1.82, 2.24) is 4.98 Å². The summed E-state index contributed by atoms with van der Waals surface area (Å²) >= 11 is 0. The molecule has 21 heavy (non-hydrogen) atoms. The van der Waals surface area contributed by atoms with Gasteiger partial charge in [0.2, 0.25) is 0 Å². The number of nitrogens with two attached hydrogens (primary N) is 1. The Morgan fingerprint density at radius 1 is 1.10 bits per heavy atom. The molecular weight excluding hydrogens is 270 g/mol. The number of aromatic nitrogens is 1. The largest absolute Gasteiger partial charge is 0.490 e. The first-order valence-electron chi connectivity index (χ1n) is 7.16. The Bertz CT molecular complexity index is 702.